The fraction of sp³-hybridized carbons (Fsp3) is 0.562. The van der Waals surface area contributed by atoms with Gasteiger partial charge in [-0.3, -0.25) is 0 Å². The van der Waals surface area contributed by atoms with Crippen molar-refractivity contribution in [1.82, 2.24) is 9.80 Å². The standard InChI is InChI=1S/C16H25N3O2/c1-12(20)13-6-4-7-14(10-13)17-16(21)19-9-5-8-15(19)11-18(2)3/h4,6-7,10,12,15,20H,5,8-9,11H2,1-3H3,(H,17,21). The molecule has 2 atom stereocenters. The third-order valence-corrected chi connectivity index (χ3v) is 3.83. The van der Waals surface area contributed by atoms with E-state index in [0.29, 0.717) is 0 Å². The maximum Gasteiger partial charge on any atom is 0.322 e. The van der Waals surface area contributed by atoms with Crippen LogP contribution in [0.25, 0.3) is 0 Å². The molecule has 116 valence electrons. The summed E-state index contributed by atoms with van der Waals surface area (Å²) in [6.45, 7) is 3.41. The molecule has 1 aliphatic rings. The molecule has 0 bridgehead atoms. The van der Waals surface area contributed by atoms with Crippen molar-refractivity contribution in [3.8, 4) is 0 Å². The number of benzene rings is 1. The lowest BCUT2D eigenvalue weighted by atomic mass is 10.1. The smallest absolute Gasteiger partial charge is 0.322 e. The van der Waals surface area contributed by atoms with E-state index >= 15 is 0 Å². The lowest BCUT2D eigenvalue weighted by molar-refractivity contribution is 0.193. The molecule has 21 heavy (non-hydrogen) atoms. The monoisotopic (exact) mass is 291 g/mol. The zero-order valence-electron chi connectivity index (χ0n) is 13.0. The van der Waals surface area contributed by atoms with Crippen molar-refractivity contribution < 1.29 is 9.90 Å². The van der Waals surface area contributed by atoms with Crippen molar-refractivity contribution in [1.29, 1.82) is 0 Å². The fourth-order valence-electron chi connectivity index (χ4n) is 2.79. The van der Waals surface area contributed by atoms with Gasteiger partial charge in [-0.1, -0.05) is 12.1 Å². The van der Waals surface area contributed by atoms with Gasteiger partial charge in [0.2, 0.25) is 0 Å². The summed E-state index contributed by atoms with van der Waals surface area (Å²) in [5.41, 5.74) is 1.54. The van der Waals surface area contributed by atoms with Crippen LogP contribution in [0.3, 0.4) is 0 Å². The molecule has 2 amide bonds. The van der Waals surface area contributed by atoms with Crippen LogP contribution in [-0.4, -0.2) is 54.2 Å². The molecule has 1 saturated heterocycles. The summed E-state index contributed by atoms with van der Waals surface area (Å²) >= 11 is 0. The summed E-state index contributed by atoms with van der Waals surface area (Å²) in [5.74, 6) is 0. The van der Waals surface area contributed by atoms with E-state index in [4.69, 9.17) is 0 Å². The molecule has 1 heterocycles. The molecule has 2 N–H and O–H groups in total. The van der Waals surface area contributed by atoms with E-state index in [1.165, 1.54) is 0 Å². The first-order valence-corrected chi connectivity index (χ1v) is 7.47. The zero-order valence-corrected chi connectivity index (χ0v) is 13.0. The highest BCUT2D eigenvalue weighted by Crippen LogP contribution is 2.21. The molecule has 0 radical (unpaired) electrons. The molecule has 0 spiro atoms. The number of aliphatic hydroxyl groups excluding tert-OH is 1. The number of amides is 2. The van der Waals surface area contributed by atoms with Gasteiger partial charge in [0.15, 0.2) is 0 Å². The van der Waals surface area contributed by atoms with Crippen LogP contribution < -0.4 is 5.32 Å². The molecule has 1 aromatic rings. The Balaban J connectivity index is 2.02. The van der Waals surface area contributed by atoms with E-state index in [0.717, 1.165) is 37.2 Å². The van der Waals surface area contributed by atoms with Crippen molar-refractivity contribution in [2.24, 2.45) is 0 Å². The highest BCUT2D eigenvalue weighted by atomic mass is 16.3. The van der Waals surface area contributed by atoms with Gasteiger partial charge in [-0.2, -0.15) is 0 Å². The number of anilines is 1. The molecule has 0 saturated carbocycles. The first-order chi connectivity index (χ1) is 9.97. The number of rotatable bonds is 4. The number of carbonyl (C=O) groups is 1. The van der Waals surface area contributed by atoms with E-state index in [1.807, 2.05) is 43.3 Å². The largest absolute Gasteiger partial charge is 0.389 e. The summed E-state index contributed by atoms with van der Waals surface area (Å²) in [7, 11) is 4.06. The number of aliphatic hydroxyl groups is 1. The molecule has 1 aromatic carbocycles. The summed E-state index contributed by atoms with van der Waals surface area (Å²) in [6, 6.07) is 7.59. The molecule has 2 rings (SSSR count). The highest BCUT2D eigenvalue weighted by Gasteiger charge is 2.29. The molecular weight excluding hydrogens is 266 g/mol. The number of likely N-dealkylation sites (tertiary alicyclic amines) is 1. The van der Waals surface area contributed by atoms with Crippen LogP contribution in [0.15, 0.2) is 24.3 Å². The second-order valence-corrected chi connectivity index (χ2v) is 5.98. The normalized spacial score (nSPS) is 19.9. The van der Waals surface area contributed by atoms with Gasteiger partial charge < -0.3 is 20.2 Å². The van der Waals surface area contributed by atoms with Gasteiger partial charge >= 0.3 is 6.03 Å². The Bertz CT molecular complexity index is 488. The molecule has 0 aliphatic carbocycles. The Morgan fingerprint density at radius 1 is 1.52 bits per heavy atom. The number of hydrogen-bond acceptors (Lipinski definition) is 3. The third kappa shape index (κ3) is 4.19. The second-order valence-electron chi connectivity index (χ2n) is 5.98. The van der Waals surface area contributed by atoms with E-state index in [-0.39, 0.29) is 12.1 Å². The molecular formula is C16H25N3O2. The number of hydrogen-bond donors (Lipinski definition) is 2. The van der Waals surface area contributed by atoms with E-state index in [2.05, 4.69) is 10.2 Å². The van der Waals surface area contributed by atoms with Crippen molar-refractivity contribution >= 4 is 11.7 Å². The van der Waals surface area contributed by atoms with Crippen LogP contribution in [-0.2, 0) is 0 Å². The average Bonchev–Trinajstić information content (AvgIpc) is 2.86. The van der Waals surface area contributed by atoms with E-state index in [1.54, 1.807) is 6.92 Å². The quantitative estimate of drug-likeness (QED) is 0.895. The summed E-state index contributed by atoms with van der Waals surface area (Å²) < 4.78 is 0. The Labute approximate surface area is 126 Å². The highest BCUT2D eigenvalue weighted by molar-refractivity contribution is 5.89. The molecule has 1 aliphatic heterocycles. The van der Waals surface area contributed by atoms with Crippen LogP contribution in [0.1, 0.15) is 31.4 Å². The van der Waals surface area contributed by atoms with Gasteiger partial charge in [-0.15, -0.1) is 0 Å². The summed E-state index contributed by atoms with van der Waals surface area (Å²) in [5, 5.41) is 12.5. The SMILES string of the molecule is CC(O)c1cccc(NC(=O)N2CCCC2CN(C)C)c1. The summed E-state index contributed by atoms with van der Waals surface area (Å²) in [6.07, 6.45) is 1.58. The number of nitrogens with zero attached hydrogens (tertiary/aromatic N) is 2. The number of likely N-dealkylation sites (N-methyl/N-ethyl adjacent to an activating group) is 1. The van der Waals surface area contributed by atoms with Crippen molar-refractivity contribution in [2.45, 2.75) is 31.9 Å². The average molecular weight is 291 g/mol. The lowest BCUT2D eigenvalue weighted by Gasteiger charge is -2.27. The minimum absolute atomic E-state index is 0.0536. The maximum atomic E-state index is 12.4. The third-order valence-electron chi connectivity index (χ3n) is 3.83. The van der Waals surface area contributed by atoms with Crippen LogP contribution in [0, 0.1) is 0 Å². The van der Waals surface area contributed by atoms with Gasteiger partial charge in [-0.05, 0) is 51.6 Å². The van der Waals surface area contributed by atoms with Crippen LogP contribution >= 0.6 is 0 Å². The number of urea groups is 1. The van der Waals surface area contributed by atoms with E-state index < -0.39 is 6.10 Å². The molecule has 5 nitrogen and oxygen atoms in total. The van der Waals surface area contributed by atoms with Crippen LogP contribution in [0.5, 0.6) is 0 Å². The maximum absolute atomic E-state index is 12.4. The van der Waals surface area contributed by atoms with Gasteiger partial charge in [0.05, 0.1) is 6.10 Å². The Hall–Kier alpha value is -1.59. The van der Waals surface area contributed by atoms with Gasteiger partial charge in [0.25, 0.3) is 0 Å². The number of nitrogens with one attached hydrogen (secondary N) is 1. The predicted molar refractivity (Wildman–Crippen MR) is 84.4 cm³/mol. The topological polar surface area (TPSA) is 55.8 Å². The van der Waals surface area contributed by atoms with Crippen molar-refractivity contribution in [3.05, 3.63) is 29.8 Å². The predicted octanol–water partition coefficient (Wildman–Crippen LogP) is 2.30. The van der Waals surface area contributed by atoms with Gasteiger partial charge in [0.1, 0.15) is 0 Å². The molecule has 1 fully saturated rings. The fourth-order valence-corrected chi connectivity index (χ4v) is 2.79. The number of carbonyl (C=O) groups excluding carboxylic acids is 1. The van der Waals surface area contributed by atoms with Crippen molar-refractivity contribution in [3.63, 3.8) is 0 Å². The van der Waals surface area contributed by atoms with E-state index in [9.17, 15) is 9.90 Å². The van der Waals surface area contributed by atoms with Gasteiger partial charge in [0, 0.05) is 24.8 Å². The molecule has 5 heteroatoms. The minimum atomic E-state index is -0.532. The minimum Gasteiger partial charge on any atom is -0.389 e. The van der Waals surface area contributed by atoms with Crippen LogP contribution in [0.2, 0.25) is 0 Å². The van der Waals surface area contributed by atoms with Crippen molar-refractivity contribution in [2.75, 3.05) is 32.5 Å². The summed E-state index contributed by atoms with van der Waals surface area (Å²) in [4.78, 5) is 16.4. The molecule has 2 unspecified atom stereocenters. The first-order valence-electron chi connectivity index (χ1n) is 7.47. The lowest BCUT2D eigenvalue weighted by Crippen LogP contribution is -2.43. The Morgan fingerprint density at radius 2 is 2.29 bits per heavy atom. The molecule has 0 aromatic heterocycles. The zero-order chi connectivity index (χ0) is 15.4. The van der Waals surface area contributed by atoms with Gasteiger partial charge in [-0.25, -0.2) is 4.79 Å². The second kappa shape index (κ2) is 6.91. The Kier molecular flexibility index (Phi) is 5.20. The first kappa shape index (κ1) is 15.8. The van der Waals surface area contributed by atoms with Crippen LogP contribution in [0.4, 0.5) is 10.5 Å². The Morgan fingerprint density at radius 3 is 2.95 bits per heavy atom.